The summed E-state index contributed by atoms with van der Waals surface area (Å²) in [5, 5.41) is 2.51. The van der Waals surface area contributed by atoms with Crippen LogP contribution in [0, 0.1) is 12.3 Å². The van der Waals surface area contributed by atoms with Crippen molar-refractivity contribution in [3.05, 3.63) is 29.8 Å². The van der Waals surface area contributed by atoms with Gasteiger partial charge >= 0.3 is 12.1 Å². The molecule has 3 aromatic heterocycles. The molecule has 1 atom stereocenters. The molecule has 8 nitrogen and oxygen atoms in total. The van der Waals surface area contributed by atoms with E-state index < -0.39 is 36.3 Å². The van der Waals surface area contributed by atoms with Gasteiger partial charge < -0.3 is 15.5 Å². The molecule has 0 aliphatic carbocycles. The van der Waals surface area contributed by atoms with E-state index in [1.54, 1.807) is 0 Å². The fourth-order valence-electron chi connectivity index (χ4n) is 3.35. The first-order valence-electron chi connectivity index (χ1n) is 9.12. The molecule has 0 bridgehead atoms. The van der Waals surface area contributed by atoms with Gasteiger partial charge in [0.25, 0.3) is 0 Å². The molecule has 0 radical (unpaired) electrons. The Kier molecular flexibility index (Phi) is 4.58. The average Bonchev–Trinajstić information content (AvgIpc) is 3.28. The molecule has 0 spiro atoms. The van der Waals surface area contributed by atoms with Crippen molar-refractivity contribution in [2.24, 2.45) is 0 Å². The van der Waals surface area contributed by atoms with E-state index >= 15 is 0 Å². The lowest BCUT2D eigenvalue weighted by Crippen LogP contribution is -2.36. The minimum atomic E-state index is -5.68. The van der Waals surface area contributed by atoms with Crippen molar-refractivity contribution in [2.45, 2.75) is 37.3 Å². The number of fused-ring (bicyclic) bond motifs is 2. The quantitative estimate of drug-likeness (QED) is 0.466. The summed E-state index contributed by atoms with van der Waals surface area (Å²) in [6.45, 7) is 1.47. The number of carbonyl (C=O) groups is 1. The molecular formula is C19H14F5N7O. The maximum absolute atomic E-state index is 13.4. The van der Waals surface area contributed by atoms with E-state index in [2.05, 4.69) is 31.2 Å². The SMILES string of the molecule is C#CC1(C)C(=O)Nc2nc(-c3cn4ccnc4c(CCC(F)(F)C(F)(F)F)n3)nc(N)c21. The molecule has 1 unspecified atom stereocenters. The number of carbonyl (C=O) groups excluding carboxylic acids is 1. The van der Waals surface area contributed by atoms with E-state index in [0.29, 0.717) is 0 Å². The minimum absolute atomic E-state index is 0.0267. The van der Waals surface area contributed by atoms with E-state index in [1.165, 1.54) is 29.9 Å². The highest BCUT2D eigenvalue weighted by atomic mass is 19.4. The van der Waals surface area contributed by atoms with E-state index in [9.17, 15) is 26.7 Å². The monoisotopic (exact) mass is 451 g/mol. The fraction of sp³-hybridized carbons (Fsp3) is 0.316. The number of nitrogens with zero attached hydrogens (tertiary/aromatic N) is 5. The number of amides is 1. The smallest absolute Gasteiger partial charge is 0.383 e. The van der Waals surface area contributed by atoms with Crippen molar-refractivity contribution >= 4 is 23.2 Å². The number of alkyl halides is 5. The van der Waals surface area contributed by atoms with E-state index in [0.717, 1.165) is 0 Å². The molecule has 1 amide bonds. The number of terminal acetylenes is 1. The lowest BCUT2D eigenvalue weighted by atomic mass is 9.86. The van der Waals surface area contributed by atoms with Crippen LogP contribution in [0.5, 0.6) is 0 Å². The summed E-state index contributed by atoms with van der Waals surface area (Å²) in [5.41, 5.74) is 4.86. The van der Waals surface area contributed by atoms with Gasteiger partial charge in [0, 0.05) is 25.0 Å². The van der Waals surface area contributed by atoms with Crippen LogP contribution in [0.3, 0.4) is 0 Å². The third kappa shape index (κ3) is 3.19. The third-order valence-corrected chi connectivity index (χ3v) is 5.17. The molecule has 1 aliphatic rings. The highest BCUT2D eigenvalue weighted by Crippen LogP contribution is 2.41. The maximum Gasteiger partial charge on any atom is 0.453 e. The number of aryl methyl sites for hydroxylation is 1. The molecular weight excluding hydrogens is 437 g/mol. The molecule has 166 valence electrons. The van der Waals surface area contributed by atoms with Crippen molar-refractivity contribution in [2.75, 3.05) is 11.1 Å². The van der Waals surface area contributed by atoms with Crippen molar-refractivity contribution in [1.82, 2.24) is 24.3 Å². The van der Waals surface area contributed by atoms with Crippen LogP contribution in [0.4, 0.5) is 33.6 Å². The molecule has 0 aromatic carbocycles. The molecule has 3 aromatic rings. The Morgan fingerprint density at radius 1 is 1.25 bits per heavy atom. The highest BCUT2D eigenvalue weighted by Gasteiger charge is 2.56. The predicted octanol–water partition coefficient (Wildman–Crippen LogP) is 2.74. The number of hydrogen-bond donors (Lipinski definition) is 2. The zero-order chi connectivity index (χ0) is 23.5. The summed E-state index contributed by atoms with van der Waals surface area (Å²) < 4.78 is 65.9. The van der Waals surface area contributed by atoms with Gasteiger partial charge in [-0.3, -0.25) is 4.79 Å². The Morgan fingerprint density at radius 3 is 2.62 bits per heavy atom. The molecule has 0 fully saturated rings. The first kappa shape index (κ1) is 21.4. The van der Waals surface area contributed by atoms with Gasteiger partial charge in [0.05, 0.1) is 11.3 Å². The Balaban J connectivity index is 1.78. The van der Waals surface area contributed by atoms with Gasteiger partial charge in [-0.05, 0) is 13.3 Å². The van der Waals surface area contributed by atoms with E-state index in [4.69, 9.17) is 12.2 Å². The zero-order valence-electron chi connectivity index (χ0n) is 16.3. The number of imidazole rings is 1. The van der Waals surface area contributed by atoms with Gasteiger partial charge in [-0.25, -0.2) is 19.9 Å². The second kappa shape index (κ2) is 6.84. The van der Waals surface area contributed by atoms with Crippen LogP contribution in [0.2, 0.25) is 0 Å². The van der Waals surface area contributed by atoms with Crippen LogP contribution >= 0.6 is 0 Å². The normalized spacial score (nSPS) is 18.5. The summed E-state index contributed by atoms with van der Waals surface area (Å²) in [5.74, 6) is -3.18. The molecule has 4 heterocycles. The van der Waals surface area contributed by atoms with Crippen LogP contribution < -0.4 is 11.1 Å². The van der Waals surface area contributed by atoms with E-state index in [1.807, 2.05) is 0 Å². The van der Waals surface area contributed by atoms with Crippen LogP contribution in [0.25, 0.3) is 17.2 Å². The molecule has 3 N–H and O–H groups in total. The van der Waals surface area contributed by atoms with Crippen molar-refractivity contribution < 1.29 is 26.7 Å². The lowest BCUT2D eigenvalue weighted by Gasteiger charge is -2.19. The summed E-state index contributed by atoms with van der Waals surface area (Å²) in [7, 11) is 0. The van der Waals surface area contributed by atoms with Gasteiger partial charge in [-0.15, -0.1) is 6.42 Å². The first-order valence-corrected chi connectivity index (χ1v) is 9.12. The molecule has 0 saturated carbocycles. The lowest BCUT2D eigenvalue weighted by molar-refractivity contribution is -0.284. The Hall–Kier alpha value is -3.82. The van der Waals surface area contributed by atoms with Crippen molar-refractivity contribution in [3.8, 4) is 23.9 Å². The topological polar surface area (TPSA) is 111 Å². The van der Waals surface area contributed by atoms with Crippen LogP contribution in [0.1, 0.15) is 24.6 Å². The Morgan fingerprint density at radius 2 is 1.97 bits per heavy atom. The summed E-state index contributed by atoms with van der Waals surface area (Å²) in [6.07, 6.45) is 1.76. The number of aromatic nitrogens is 5. The van der Waals surface area contributed by atoms with Crippen LogP contribution in [0.15, 0.2) is 18.6 Å². The van der Waals surface area contributed by atoms with Crippen molar-refractivity contribution in [3.63, 3.8) is 0 Å². The van der Waals surface area contributed by atoms with Gasteiger partial charge in [0.15, 0.2) is 11.5 Å². The zero-order valence-corrected chi connectivity index (χ0v) is 16.3. The van der Waals surface area contributed by atoms with Gasteiger partial charge in [-0.2, -0.15) is 22.0 Å². The second-order valence-corrected chi connectivity index (χ2v) is 7.31. The number of rotatable bonds is 4. The van der Waals surface area contributed by atoms with Gasteiger partial charge in [-0.1, -0.05) is 5.92 Å². The minimum Gasteiger partial charge on any atom is -0.383 e. The summed E-state index contributed by atoms with van der Waals surface area (Å²) in [4.78, 5) is 28.7. The predicted molar refractivity (Wildman–Crippen MR) is 103 cm³/mol. The molecule has 4 rings (SSSR count). The number of nitrogens with one attached hydrogen (secondary N) is 1. The van der Waals surface area contributed by atoms with Gasteiger partial charge in [0.1, 0.15) is 22.7 Å². The number of nitrogens with two attached hydrogens (primary N) is 1. The Labute approximate surface area is 177 Å². The van der Waals surface area contributed by atoms with Crippen molar-refractivity contribution in [1.29, 1.82) is 0 Å². The van der Waals surface area contributed by atoms with Gasteiger partial charge in [0.2, 0.25) is 5.91 Å². The number of halogens is 5. The number of nitrogen functional groups attached to an aromatic ring is 1. The average molecular weight is 451 g/mol. The largest absolute Gasteiger partial charge is 0.453 e. The molecule has 0 saturated heterocycles. The fourth-order valence-corrected chi connectivity index (χ4v) is 3.35. The molecule has 13 heteroatoms. The Bertz CT molecular complexity index is 1290. The third-order valence-electron chi connectivity index (χ3n) is 5.17. The summed E-state index contributed by atoms with van der Waals surface area (Å²) in [6, 6.07) is 0. The standard InChI is InChI=1S/C19H14F5N7O/c1-3-17(2)11-12(25)28-13(29-14(11)30-16(17)32)10-8-31-7-6-26-15(31)9(27-10)4-5-18(20,21)19(22,23)24/h1,6-8H,4-5H2,2H3,(H3,25,28,29,30,32). The van der Waals surface area contributed by atoms with Crippen LogP contribution in [-0.2, 0) is 16.6 Å². The van der Waals surface area contributed by atoms with Crippen LogP contribution in [-0.4, -0.2) is 42.3 Å². The highest BCUT2D eigenvalue weighted by molar-refractivity contribution is 6.09. The maximum atomic E-state index is 13.4. The second-order valence-electron chi connectivity index (χ2n) is 7.31. The summed E-state index contributed by atoms with van der Waals surface area (Å²) >= 11 is 0. The number of anilines is 2. The van der Waals surface area contributed by atoms with E-state index in [-0.39, 0.29) is 40.1 Å². The number of hydrogen-bond acceptors (Lipinski definition) is 6. The molecule has 32 heavy (non-hydrogen) atoms. The molecule has 1 aliphatic heterocycles. The first-order chi connectivity index (χ1) is 14.9.